The highest BCUT2D eigenvalue weighted by Crippen LogP contribution is 2.24. The molecular formula is C18H17NOS. The number of benzene rings is 2. The minimum absolute atomic E-state index is 0.157. The number of fused-ring (bicyclic) bond motifs is 1. The molecule has 106 valence electrons. The van der Waals surface area contributed by atoms with Crippen LogP contribution in [0.1, 0.15) is 32.1 Å². The third-order valence-electron chi connectivity index (χ3n) is 3.61. The highest BCUT2D eigenvalue weighted by atomic mass is 32.1. The van der Waals surface area contributed by atoms with Gasteiger partial charge in [-0.3, -0.25) is 4.79 Å². The molecule has 0 aliphatic rings. The molecule has 3 rings (SSSR count). The number of Topliss-reactive ketones (excluding diaryl/α,β-unsaturated/α-hetero) is 1. The molecule has 0 unspecified atom stereocenters. The number of nitrogens with zero attached hydrogens (tertiary/aromatic N) is 1. The van der Waals surface area contributed by atoms with Gasteiger partial charge in [0.15, 0.2) is 5.78 Å². The molecule has 2 aromatic carbocycles. The van der Waals surface area contributed by atoms with Crippen molar-refractivity contribution >= 4 is 27.3 Å². The maximum absolute atomic E-state index is 12.6. The predicted octanol–water partition coefficient (Wildman–Crippen LogP) is 4.65. The minimum Gasteiger partial charge on any atom is -0.294 e. The monoisotopic (exact) mass is 295 g/mol. The topological polar surface area (TPSA) is 30.0 Å². The summed E-state index contributed by atoms with van der Waals surface area (Å²) >= 11 is 1.60. The van der Waals surface area contributed by atoms with Gasteiger partial charge in [-0.05, 0) is 44.0 Å². The largest absolute Gasteiger partial charge is 0.294 e. The summed E-state index contributed by atoms with van der Waals surface area (Å²) in [5.41, 5.74) is 5.13. The summed E-state index contributed by atoms with van der Waals surface area (Å²) in [6, 6.07) is 12.1. The Morgan fingerprint density at radius 2 is 1.76 bits per heavy atom. The van der Waals surface area contributed by atoms with Crippen LogP contribution >= 0.6 is 11.3 Å². The van der Waals surface area contributed by atoms with Gasteiger partial charge in [-0.1, -0.05) is 29.8 Å². The lowest BCUT2D eigenvalue weighted by molar-refractivity contribution is 0.0992. The van der Waals surface area contributed by atoms with Gasteiger partial charge >= 0.3 is 0 Å². The zero-order valence-electron chi connectivity index (χ0n) is 12.4. The second kappa shape index (κ2) is 5.41. The van der Waals surface area contributed by atoms with Crippen LogP contribution in [-0.2, 0) is 6.42 Å². The number of ketones is 1. The molecule has 1 heterocycles. The van der Waals surface area contributed by atoms with E-state index < -0.39 is 0 Å². The van der Waals surface area contributed by atoms with Crippen LogP contribution in [0.4, 0.5) is 0 Å². The highest BCUT2D eigenvalue weighted by Gasteiger charge is 2.15. The molecule has 1 aromatic heterocycles. The van der Waals surface area contributed by atoms with E-state index in [1.807, 2.05) is 38.1 Å². The fraction of sp³-hybridized carbons (Fsp3) is 0.222. The van der Waals surface area contributed by atoms with Crippen LogP contribution in [0.15, 0.2) is 36.4 Å². The van der Waals surface area contributed by atoms with E-state index in [2.05, 4.69) is 24.0 Å². The lowest BCUT2D eigenvalue weighted by Gasteiger charge is -2.09. The van der Waals surface area contributed by atoms with Gasteiger partial charge in [-0.2, -0.15) is 0 Å². The van der Waals surface area contributed by atoms with Crippen molar-refractivity contribution in [2.45, 2.75) is 27.2 Å². The van der Waals surface area contributed by atoms with Crippen molar-refractivity contribution in [3.8, 4) is 0 Å². The molecule has 0 amide bonds. The van der Waals surface area contributed by atoms with E-state index in [1.165, 1.54) is 5.56 Å². The Bertz CT molecular complexity index is 776. The SMILES string of the molecule is Cc1cc(C)c(C(=O)Cc2nc3ccccc3s2)c(C)c1. The summed E-state index contributed by atoms with van der Waals surface area (Å²) in [7, 11) is 0. The van der Waals surface area contributed by atoms with Crippen LogP contribution in [0.25, 0.3) is 10.2 Å². The molecule has 0 N–H and O–H groups in total. The third-order valence-corrected chi connectivity index (χ3v) is 4.64. The van der Waals surface area contributed by atoms with Crippen LogP contribution < -0.4 is 0 Å². The van der Waals surface area contributed by atoms with Crippen molar-refractivity contribution in [2.24, 2.45) is 0 Å². The van der Waals surface area contributed by atoms with Gasteiger partial charge in [-0.25, -0.2) is 4.98 Å². The molecule has 0 bridgehead atoms. The van der Waals surface area contributed by atoms with E-state index in [0.717, 1.165) is 31.9 Å². The van der Waals surface area contributed by atoms with Gasteiger partial charge in [0.25, 0.3) is 0 Å². The molecule has 0 aliphatic carbocycles. The van der Waals surface area contributed by atoms with Crippen LogP contribution in [0.3, 0.4) is 0 Å². The Kier molecular flexibility index (Phi) is 3.60. The molecular weight excluding hydrogens is 278 g/mol. The summed E-state index contributed by atoms with van der Waals surface area (Å²) in [5.74, 6) is 0.157. The number of aryl methyl sites for hydroxylation is 3. The second-order valence-corrected chi connectivity index (χ2v) is 6.56. The zero-order chi connectivity index (χ0) is 15.0. The van der Waals surface area contributed by atoms with E-state index in [4.69, 9.17) is 0 Å². The second-order valence-electron chi connectivity index (χ2n) is 5.45. The average Bonchev–Trinajstić information content (AvgIpc) is 2.79. The van der Waals surface area contributed by atoms with E-state index in [-0.39, 0.29) is 5.78 Å². The van der Waals surface area contributed by atoms with Gasteiger partial charge in [0, 0.05) is 5.56 Å². The minimum atomic E-state index is 0.157. The maximum Gasteiger partial charge on any atom is 0.170 e. The molecule has 21 heavy (non-hydrogen) atoms. The van der Waals surface area contributed by atoms with Crippen molar-refractivity contribution in [3.05, 3.63) is 63.7 Å². The van der Waals surface area contributed by atoms with E-state index in [1.54, 1.807) is 11.3 Å². The van der Waals surface area contributed by atoms with E-state index in [0.29, 0.717) is 6.42 Å². The summed E-state index contributed by atoms with van der Waals surface area (Å²) in [6.45, 7) is 6.07. The number of aromatic nitrogens is 1. The summed E-state index contributed by atoms with van der Waals surface area (Å²) < 4.78 is 1.14. The number of carbonyl (C=O) groups is 1. The molecule has 0 saturated carbocycles. The number of rotatable bonds is 3. The van der Waals surface area contributed by atoms with Crippen LogP contribution in [-0.4, -0.2) is 10.8 Å². The lowest BCUT2D eigenvalue weighted by atomic mass is 9.95. The van der Waals surface area contributed by atoms with Crippen molar-refractivity contribution in [1.29, 1.82) is 0 Å². The first-order valence-electron chi connectivity index (χ1n) is 7.00. The molecule has 0 spiro atoms. The van der Waals surface area contributed by atoms with E-state index in [9.17, 15) is 4.79 Å². The summed E-state index contributed by atoms with van der Waals surface area (Å²) in [6.07, 6.45) is 0.379. The predicted molar refractivity (Wildman–Crippen MR) is 88.3 cm³/mol. The van der Waals surface area contributed by atoms with Crippen molar-refractivity contribution < 1.29 is 4.79 Å². The normalized spacial score (nSPS) is 11.0. The average molecular weight is 295 g/mol. The summed E-state index contributed by atoms with van der Waals surface area (Å²) in [5, 5.41) is 0.889. The molecule has 2 nitrogen and oxygen atoms in total. The number of hydrogen-bond donors (Lipinski definition) is 0. The Morgan fingerprint density at radius 1 is 1.10 bits per heavy atom. The maximum atomic E-state index is 12.6. The zero-order valence-corrected chi connectivity index (χ0v) is 13.3. The number of thiazole rings is 1. The molecule has 0 saturated heterocycles. The first-order chi connectivity index (χ1) is 10.0. The van der Waals surface area contributed by atoms with Gasteiger partial charge in [-0.15, -0.1) is 11.3 Å². The summed E-state index contributed by atoms with van der Waals surface area (Å²) in [4.78, 5) is 17.2. The first kappa shape index (κ1) is 14.0. The van der Waals surface area contributed by atoms with E-state index >= 15 is 0 Å². The molecule has 0 fully saturated rings. The van der Waals surface area contributed by atoms with Crippen LogP contribution in [0, 0.1) is 20.8 Å². The lowest BCUT2D eigenvalue weighted by Crippen LogP contribution is -2.08. The smallest absolute Gasteiger partial charge is 0.170 e. The molecule has 3 heteroatoms. The Labute approximate surface area is 128 Å². The number of hydrogen-bond acceptors (Lipinski definition) is 3. The standard InChI is InChI=1S/C18H17NOS/c1-11-8-12(2)18(13(3)9-11)15(20)10-17-19-14-6-4-5-7-16(14)21-17/h4-9H,10H2,1-3H3. The van der Waals surface area contributed by atoms with Crippen molar-refractivity contribution in [2.75, 3.05) is 0 Å². The highest BCUT2D eigenvalue weighted by molar-refractivity contribution is 7.18. The van der Waals surface area contributed by atoms with Crippen molar-refractivity contribution in [3.63, 3.8) is 0 Å². The van der Waals surface area contributed by atoms with Crippen LogP contribution in [0.2, 0.25) is 0 Å². The third kappa shape index (κ3) is 2.74. The molecule has 3 aromatic rings. The fourth-order valence-electron chi connectivity index (χ4n) is 2.84. The van der Waals surface area contributed by atoms with Crippen molar-refractivity contribution in [1.82, 2.24) is 4.98 Å². The van der Waals surface area contributed by atoms with Gasteiger partial charge in [0.2, 0.25) is 0 Å². The van der Waals surface area contributed by atoms with Gasteiger partial charge in [0.1, 0.15) is 5.01 Å². The Morgan fingerprint density at radius 3 is 2.43 bits per heavy atom. The van der Waals surface area contributed by atoms with Gasteiger partial charge < -0.3 is 0 Å². The first-order valence-corrected chi connectivity index (χ1v) is 7.82. The van der Waals surface area contributed by atoms with Gasteiger partial charge in [0.05, 0.1) is 16.6 Å². The van der Waals surface area contributed by atoms with Crippen LogP contribution in [0.5, 0.6) is 0 Å². The quantitative estimate of drug-likeness (QED) is 0.658. The number of carbonyl (C=O) groups excluding carboxylic acids is 1. The fourth-order valence-corrected chi connectivity index (χ4v) is 3.81. The number of para-hydroxylation sites is 1. The molecule has 0 aliphatic heterocycles. The molecule has 0 radical (unpaired) electrons. The Balaban J connectivity index is 1.93. The molecule has 0 atom stereocenters. The Hall–Kier alpha value is -2.00.